The van der Waals surface area contributed by atoms with Crippen molar-refractivity contribution in [1.29, 1.82) is 0 Å². The maximum atomic E-state index is 12.1. The van der Waals surface area contributed by atoms with Gasteiger partial charge in [-0.25, -0.2) is 0 Å². The van der Waals surface area contributed by atoms with Gasteiger partial charge in [-0.1, -0.05) is 50.1 Å². The number of rotatable bonds is 3. The third-order valence-electron chi connectivity index (χ3n) is 2.61. The fourth-order valence-corrected chi connectivity index (χ4v) is 2.48. The second-order valence-electron chi connectivity index (χ2n) is 3.91. The number of carbonyl (C=O) groups excluding carboxylic acids is 1. The number of anilines is 1. The maximum absolute atomic E-state index is 12.1. The molecule has 98 valence electrons. The lowest BCUT2D eigenvalue weighted by atomic mass is 10.1. The summed E-state index contributed by atoms with van der Waals surface area (Å²) in [4.78, 5) is 12.1. The molecule has 0 radical (unpaired) electrons. The van der Waals surface area contributed by atoms with Crippen LogP contribution in [0, 0.1) is 0 Å². The molecule has 0 heterocycles. The van der Waals surface area contributed by atoms with Gasteiger partial charge in [-0.05, 0) is 29.8 Å². The Morgan fingerprint density at radius 2 is 1.95 bits per heavy atom. The van der Waals surface area contributed by atoms with Gasteiger partial charge in [0.05, 0.1) is 5.56 Å². The average Bonchev–Trinajstić information content (AvgIpc) is 2.39. The van der Waals surface area contributed by atoms with E-state index in [4.69, 9.17) is 0 Å². The first-order chi connectivity index (χ1) is 9.11. The zero-order valence-electron chi connectivity index (χ0n) is 9.86. The molecule has 2 rings (SSSR count). The van der Waals surface area contributed by atoms with Gasteiger partial charge in [0, 0.05) is 15.5 Å². The summed E-state index contributed by atoms with van der Waals surface area (Å²) >= 11 is 6.61. The van der Waals surface area contributed by atoms with E-state index in [1.54, 1.807) is 12.1 Å². The monoisotopic (exact) mass is 383 g/mol. The van der Waals surface area contributed by atoms with E-state index in [9.17, 15) is 9.90 Å². The first-order valence-electron chi connectivity index (χ1n) is 5.55. The summed E-state index contributed by atoms with van der Waals surface area (Å²) in [7, 11) is 0. The van der Waals surface area contributed by atoms with E-state index < -0.39 is 0 Å². The first kappa shape index (κ1) is 14.1. The number of phenolic OH excluding ortho intramolecular Hbond substituents is 1. The van der Waals surface area contributed by atoms with Crippen molar-refractivity contribution in [3.63, 3.8) is 0 Å². The number of carbonyl (C=O) groups is 1. The lowest BCUT2D eigenvalue weighted by Gasteiger charge is -2.10. The lowest BCUT2D eigenvalue weighted by molar-refractivity contribution is 0.102. The normalized spacial score (nSPS) is 10.2. The molecule has 0 atom stereocenters. The number of phenols is 1. The zero-order chi connectivity index (χ0) is 13.8. The van der Waals surface area contributed by atoms with E-state index in [1.807, 2.05) is 24.3 Å². The third kappa shape index (κ3) is 3.36. The molecule has 0 aromatic heterocycles. The smallest absolute Gasteiger partial charge is 0.259 e. The molecule has 19 heavy (non-hydrogen) atoms. The number of hydrogen-bond acceptors (Lipinski definition) is 2. The number of benzene rings is 2. The first-order valence-corrected chi connectivity index (χ1v) is 7.47. The number of halogens is 2. The summed E-state index contributed by atoms with van der Waals surface area (Å²) < 4.78 is 0.724. The molecule has 2 N–H and O–H groups in total. The highest BCUT2D eigenvalue weighted by molar-refractivity contribution is 9.10. The molecular formula is C14H11Br2NO2. The van der Waals surface area contributed by atoms with Crippen molar-refractivity contribution in [2.24, 2.45) is 0 Å². The molecule has 0 saturated carbocycles. The van der Waals surface area contributed by atoms with E-state index in [2.05, 4.69) is 37.2 Å². The van der Waals surface area contributed by atoms with Crippen LogP contribution < -0.4 is 5.32 Å². The highest BCUT2D eigenvalue weighted by atomic mass is 79.9. The van der Waals surface area contributed by atoms with Gasteiger partial charge in [0.1, 0.15) is 5.75 Å². The van der Waals surface area contributed by atoms with Crippen LogP contribution in [-0.4, -0.2) is 11.0 Å². The molecule has 3 nitrogen and oxygen atoms in total. The van der Waals surface area contributed by atoms with Gasteiger partial charge in [0.15, 0.2) is 0 Å². The molecule has 0 bridgehead atoms. The second-order valence-corrected chi connectivity index (χ2v) is 5.38. The summed E-state index contributed by atoms with van der Waals surface area (Å²) in [5, 5.41) is 13.2. The van der Waals surface area contributed by atoms with Crippen LogP contribution in [-0.2, 0) is 5.33 Å². The molecule has 0 spiro atoms. The van der Waals surface area contributed by atoms with Crippen molar-refractivity contribution >= 4 is 43.5 Å². The molecule has 2 aromatic carbocycles. The van der Waals surface area contributed by atoms with Gasteiger partial charge in [-0.3, -0.25) is 4.79 Å². The Kier molecular flexibility index (Phi) is 4.61. The quantitative estimate of drug-likeness (QED) is 0.775. The van der Waals surface area contributed by atoms with Crippen LogP contribution in [0.25, 0.3) is 0 Å². The highest BCUT2D eigenvalue weighted by Crippen LogP contribution is 2.24. The number of para-hydroxylation sites is 1. The fourth-order valence-electron chi connectivity index (χ4n) is 1.65. The highest BCUT2D eigenvalue weighted by Gasteiger charge is 2.12. The summed E-state index contributed by atoms with van der Waals surface area (Å²) in [6.07, 6.45) is 0. The molecule has 0 aliphatic carbocycles. The van der Waals surface area contributed by atoms with Gasteiger partial charge < -0.3 is 10.4 Å². The predicted molar refractivity (Wildman–Crippen MR) is 82.8 cm³/mol. The number of amides is 1. The van der Waals surface area contributed by atoms with E-state index in [0.717, 1.165) is 15.7 Å². The van der Waals surface area contributed by atoms with E-state index in [1.165, 1.54) is 6.07 Å². The average molecular weight is 385 g/mol. The van der Waals surface area contributed by atoms with E-state index >= 15 is 0 Å². The number of hydrogen-bond donors (Lipinski definition) is 2. The van der Waals surface area contributed by atoms with Crippen molar-refractivity contribution in [2.75, 3.05) is 5.32 Å². The van der Waals surface area contributed by atoms with Gasteiger partial charge in [0.2, 0.25) is 0 Å². The van der Waals surface area contributed by atoms with E-state index in [-0.39, 0.29) is 17.2 Å². The predicted octanol–water partition coefficient (Wildman–Crippen LogP) is 4.30. The molecule has 0 fully saturated rings. The van der Waals surface area contributed by atoms with Gasteiger partial charge in [-0.2, -0.15) is 0 Å². The van der Waals surface area contributed by atoms with Crippen LogP contribution >= 0.6 is 31.9 Å². The zero-order valence-corrected chi connectivity index (χ0v) is 13.0. The van der Waals surface area contributed by atoms with Crippen LogP contribution in [0.4, 0.5) is 5.69 Å². The molecule has 0 saturated heterocycles. The Hall–Kier alpha value is -1.33. The second kappa shape index (κ2) is 6.21. The Bertz CT molecular complexity index is 614. The van der Waals surface area contributed by atoms with Crippen LogP contribution in [0.3, 0.4) is 0 Å². The molecule has 0 aliphatic heterocycles. The Morgan fingerprint density at radius 3 is 2.63 bits per heavy atom. The summed E-state index contributed by atoms with van der Waals surface area (Å²) in [5.41, 5.74) is 1.95. The number of nitrogens with one attached hydrogen (secondary N) is 1. The van der Waals surface area contributed by atoms with Crippen molar-refractivity contribution < 1.29 is 9.90 Å². The van der Waals surface area contributed by atoms with Crippen molar-refractivity contribution in [1.82, 2.24) is 0 Å². The van der Waals surface area contributed by atoms with Gasteiger partial charge in [-0.15, -0.1) is 0 Å². The van der Waals surface area contributed by atoms with Gasteiger partial charge >= 0.3 is 0 Å². The molecule has 0 aliphatic rings. The van der Waals surface area contributed by atoms with Gasteiger partial charge in [0.25, 0.3) is 5.91 Å². The Labute approximate surface area is 127 Å². The number of aromatic hydroxyl groups is 1. The summed E-state index contributed by atoms with van der Waals surface area (Å²) in [6.45, 7) is 0. The largest absolute Gasteiger partial charge is 0.507 e. The SMILES string of the molecule is O=C(Nc1ccccc1CBr)c1ccc(Br)cc1O. The minimum atomic E-state index is -0.335. The Morgan fingerprint density at radius 1 is 1.21 bits per heavy atom. The number of alkyl halides is 1. The van der Waals surface area contributed by atoms with E-state index in [0.29, 0.717) is 5.33 Å². The molecular weight excluding hydrogens is 374 g/mol. The molecule has 2 aromatic rings. The summed E-state index contributed by atoms with van der Waals surface area (Å²) in [6, 6.07) is 12.3. The van der Waals surface area contributed by atoms with Crippen LogP contribution in [0.15, 0.2) is 46.9 Å². The minimum absolute atomic E-state index is 0.0526. The van der Waals surface area contributed by atoms with Crippen LogP contribution in [0.2, 0.25) is 0 Å². The topological polar surface area (TPSA) is 49.3 Å². The lowest BCUT2D eigenvalue weighted by Crippen LogP contribution is -2.13. The standard InChI is InChI=1S/C14H11Br2NO2/c15-8-9-3-1-2-4-12(9)17-14(19)11-6-5-10(16)7-13(11)18/h1-7,18H,8H2,(H,17,19). The Balaban J connectivity index is 2.26. The maximum Gasteiger partial charge on any atom is 0.259 e. The summed E-state index contributed by atoms with van der Waals surface area (Å²) in [5.74, 6) is -0.387. The molecule has 5 heteroatoms. The van der Waals surface area contributed by atoms with Crippen molar-refractivity contribution in [3.05, 3.63) is 58.1 Å². The van der Waals surface area contributed by atoms with Crippen molar-refractivity contribution in [3.8, 4) is 5.75 Å². The molecule has 1 amide bonds. The minimum Gasteiger partial charge on any atom is -0.507 e. The third-order valence-corrected chi connectivity index (χ3v) is 3.71. The fraction of sp³-hybridized carbons (Fsp3) is 0.0714. The van der Waals surface area contributed by atoms with Crippen LogP contribution in [0.1, 0.15) is 15.9 Å². The van der Waals surface area contributed by atoms with Crippen molar-refractivity contribution in [2.45, 2.75) is 5.33 Å². The van der Waals surface area contributed by atoms with Crippen LogP contribution in [0.5, 0.6) is 5.75 Å². The molecule has 0 unspecified atom stereocenters.